The van der Waals surface area contributed by atoms with Crippen molar-refractivity contribution in [1.82, 2.24) is 15.1 Å². The van der Waals surface area contributed by atoms with E-state index in [9.17, 15) is 4.79 Å². The van der Waals surface area contributed by atoms with Crippen molar-refractivity contribution in [2.45, 2.75) is 31.8 Å². The molecule has 2 fully saturated rings. The molecule has 1 saturated heterocycles. The minimum atomic E-state index is 0.209. The zero-order valence-corrected chi connectivity index (χ0v) is 14.0. The van der Waals surface area contributed by atoms with Crippen LogP contribution in [0, 0.1) is 0 Å². The number of benzene rings is 1. The monoisotopic (exact) mass is 331 g/mol. The van der Waals surface area contributed by atoms with Gasteiger partial charge in [0.05, 0.1) is 0 Å². The first-order valence-corrected chi connectivity index (χ1v) is 8.89. The molecule has 3 aliphatic rings. The summed E-state index contributed by atoms with van der Waals surface area (Å²) in [6, 6.07) is 6.65. The van der Waals surface area contributed by atoms with Crippen molar-refractivity contribution in [1.29, 1.82) is 0 Å². The van der Waals surface area contributed by atoms with Crippen molar-refractivity contribution in [2.24, 2.45) is 0 Å². The number of carbonyl (C=O) groups excluding carboxylic acids is 1. The summed E-state index contributed by atoms with van der Waals surface area (Å²) in [6.07, 6.45) is 2.94. The van der Waals surface area contributed by atoms with Gasteiger partial charge in [-0.1, -0.05) is 6.07 Å². The Labute approximate surface area is 142 Å². The molecule has 4 rings (SSSR count). The van der Waals surface area contributed by atoms with Crippen LogP contribution >= 0.6 is 0 Å². The van der Waals surface area contributed by atoms with Crippen LogP contribution in [0.3, 0.4) is 0 Å². The standard InChI is InChI=1S/C18H25N3O3/c22-18(19-15-2-3-15)5-6-20-7-9-21(10-8-20)12-14-1-4-16-17(11-14)24-13-23-16/h1,4,11,15H,2-3,5-10,12-13H2,(H,19,22). The summed E-state index contributed by atoms with van der Waals surface area (Å²) in [5.41, 5.74) is 1.26. The number of nitrogens with one attached hydrogen (secondary N) is 1. The van der Waals surface area contributed by atoms with Crippen LogP contribution in [0.15, 0.2) is 18.2 Å². The predicted molar refractivity (Wildman–Crippen MR) is 90.1 cm³/mol. The Morgan fingerprint density at radius 3 is 2.62 bits per heavy atom. The molecular weight excluding hydrogens is 306 g/mol. The lowest BCUT2D eigenvalue weighted by Gasteiger charge is -2.34. The van der Waals surface area contributed by atoms with E-state index < -0.39 is 0 Å². The second-order valence-electron chi connectivity index (χ2n) is 6.90. The number of fused-ring (bicyclic) bond motifs is 1. The highest BCUT2D eigenvalue weighted by molar-refractivity contribution is 5.76. The molecule has 24 heavy (non-hydrogen) atoms. The highest BCUT2D eigenvalue weighted by atomic mass is 16.7. The predicted octanol–water partition coefficient (Wildman–Crippen LogP) is 1.20. The summed E-state index contributed by atoms with van der Waals surface area (Å²) < 4.78 is 10.8. The summed E-state index contributed by atoms with van der Waals surface area (Å²) in [7, 11) is 0. The van der Waals surface area contributed by atoms with Gasteiger partial charge in [-0.05, 0) is 30.5 Å². The molecule has 2 heterocycles. The normalized spacial score (nSPS) is 21.0. The van der Waals surface area contributed by atoms with Gasteiger partial charge < -0.3 is 19.7 Å². The zero-order chi connectivity index (χ0) is 16.4. The number of hydrogen-bond donors (Lipinski definition) is 1. The van der Waals surface area contributed by atoms with Gasteiger partial charge in [0.15, 0.2) is 11.5 Å². The lowest BCUT2D eigenvalue weighted by molar-refractivity contribution is -0.121. The third-order valence-corrected chi connectivity index (χ3v) is 4.91. The van der Waals surface area contributed by atoms with Gasteiger partial charge in [0.2, 0.25) is 12.7 Å². The Morgan fingerprint density at radius 2 is 1.83 bits per heavy atom. The fourth-order valence-corrected chi connectivity index (χ4v) is 3.26. The molecule has 1 saturated carbocycles. The molecule has 0 unspecified atom stereocenters. The van der Waals surface area contributed by atoms with Gasteiger partial charge in [-0.3, -0.25) is 9.69 Å². The lowest BCUT2D eigenvalue weighted by atomic mass is 10.1. The van der Waals surface area contributed by atoms with Crippen LogP contribution in [0.4, 0.5) is 0 Å². The number of ether oxygens (including phenoxy) is 2. The van der Waals surface area contributed by atoms with Crippen LogP contribution in [-0.4, -0.2) is 61.3 Å². The molecule has 1 aliphatic carbocycles. The van der Waals surface area contributed by atoms with E-state index in [4.69, 9.17) is 9.47 Å². The first-order valence-electron chi connectivity index (χ1n) is 8.89. The average molecular weight is 331 g/mol. The highest BCUT2D eigenvalue weighted by Crippen LogP contribution is 2.32. The van der Waals surface area contributed by atoms with Gasteiger partial charge in [-0.15, -0.1) is 0 Å². The molecule has 130 valence electrons. The molecule has 1 aromatic rings. The van der Waals surface area contributed by atoms with E-state index in [1.54, 1.807) is 0 Å². The minimum Gasteiger partial charge on any atom is -0.454 e. The topological polar surface area (TPSA) is 54.0 Å². The van der Waals surface area contributed by atoms with Gasteiger partial charge in [0.1, 0.15) is 0 Å². The van der Waals surface area contributed by atoms with E-state index >= 15 is 0 Å². The molecule has 0 aromatic heterocycles. The number of amides is 1. The molecule has 1 N–H and O–H groups in total. The van der Waals surface area contributed by atoms with E-state index in [0.29, 0.717) is 19.3 Å². The Bertz CT molecular complexity index is 595. The largest absolute Gasteiger partial charge is 0.454 e. The maximum absolute atomic E-state index is 11.8. The number of hydrogen-bond acceptors (Lipinski definition) is 5. The van der Waals surface area contributed by atoms with Crippen molar-refractivity contribution in [2.75, 3.05) is 39.5 Å². The third kappa shape index (κ3) is 3.99. The number of nitrogens with zero attached hydrogens (tertiary/aromatic N) is 2. The average Bonchev–Trinajstić information content (AvgIpc) is 3.28. The SMILES string of the molecule is O=C(CCN1CCN(Cc2ccc3c(c2)OCO3)CC1)NC1CC1. The van der Waals surface area contributed by atoms with Crippen molar-refractivity contribution in [3.8, 4) is 11.5 Å². The van der Waals surface area contributed by atoms with E-state index in [2.05, 4.69) is 27.2 Å². The van der Waals surface area contributed by atoms with Crippen LogP contribution in [0.25, 0.3) is 0 Å². The van der Waals surface area contributed by atoms with Gasteiger partial charge in [0.25, 0.3) is 0 Å². The number of piperazine rings is 1. The van der Waals surface area contributed by atoms with Crippen LogP contribution in [0.2, 0.25) is 0 Å². The second kappa shape index (κ2) is 6.99. The number of rotatable bonds is 6. The Morgan fingerprint density at radius 1 is 1.08 bits per heavy atom. The smallest absolute Gasteiger partial charge is 0.231 e. The summed E-state index contributed by atoms with van der Waals surface area (Å²) in [4.78, 5) is 16.6. The zero-order valence-electron chi connectivity index (χ0n) is 14.0. The molecule has 0 bridgehead atoms. The Hall–Kier alpha value is -1.79. The summed E-state index contributed by atoms with van der Waals surface area (Å²) in [5, 5.41) is 3.06. The highest BCUT2D eigenvalue weighted by Gasteiger charge is 2.24. The second-order valence-corrected chi connectivity index (χ2v) is 6.90. The molecule has 0 radical (unpaired) electrons. The molecular formula is C18H25N3O3. The van der Waals surface area contributed by atoms with Gasteiger partial charge in [0, 0.05) is 51.7 Å². The maximum Gasteiger partial charge on any atom is 0.231 e. The van der Waals surface area contributed by atoms with E-state index in [1.807, 2.05) is 6.07 Å². The number of carbonyl (C=O) groups is 1. The molecule has 1 aromatic carbocycles. The summed E-state index contributed by atoms with van der Waals surface area (Å²) in [6.45, 7) is 6.27. The Balaban J connectivity index is 1.19. The summed E-state index contributed by atoms with van der Waals surface area (Å²) >= 11 is 0. The maximum atomic E-state index is 11.8. The van der Waals surface area contributed by atoms with Crippen molar-refractivity contribution in [3.05, 3.63) is 23.8 Å². The molecule has 6 heteroatoms. The lowest BCUT2D eigenvalue weighted by Crippen LogP contribution is -2.46. The molecule has 1 amide bonds. The first kappa shape index (κ1) is 15.7. The molecule has 2 aliphatic heterocycles. The van der Waals surface area contributed by atoms with Gasteiger partial charge >= 0.3 is 0 Å². The van der Waals surface area contributed by atoms with Crippen LogP contribution < -0.4 is 14.8 Å². The van der Waals surface area contributed by atoms with Gasteiger partial charge in [-0.25, -0.2) is 0 Å². The summed E-state index contributed by atoms with van der Waals surface area (Å²) in [5.74, 6) is 1.90. The van der Waals surface area contributed by atoms with E-state index in [0.717, 1.165) is 63.6 Å². The van der Waals surface area contributed by atoms with Crippen molar-refractivity contribution >= 4 is 5.91 Å². The molecule has 0 atom stereocenters. The molecule has 6 nitrogen and oxygen atoms in total. The van der Waals surface area contributed by atoms with E-state index in [-0.39, 0.29) is 5.91 Å². The fraction of sp³-hybridized carbons (Fsp3) is 0.611. The van der Waals surface area contributed by atoms with Crippen LogP contribution in [-0.2, 0) is 11.3 Å². The molecule has 0 spiro atoms. The quantitative estimate of drug-likeness (QED) is 0.849. The van der Waals surface area contributed by atoms with Crippen molar-refractivity contribution in [3.63, 3.8) is 0 Å². The first-order chi connectivity index (χ1) is 11.8. The third-order valence-electron chi connectivity index (χ3n) is 4.91. The van der Waals surface area contributed by atoms with Crippen LogP contribution in [0.1, 0.15) is 24.8 Å². The van der Waals surface area contributed by atoms with Gasteiger partial charge in [-0.2, -0.15) is 0 Å². The van der Waals surface area contributed by atoms with Crippen molar-refractivity contribution < 1.29 is 14.3 Å². The fourth-order valence-electron chi connectivity index (χ4n) is 3.26. The van der Waals surface area contributed by atoms with E-state index in [1.165, 1.54) is 5.56 Å². The van der Waals surface area contributed by atoms with Crippen LogP contribution in [0.5, 0.6) is 11.5 Å². The minimum absolute atomic E-state index is 0.209. The Kier molecular flexibility index (Phi) is 4.58.